The van der Waals surface area contributed by atoms with E-state index in [1.807, 2.05) is 13.0 Å². The van der Waals surface area contributed by atoms with E-state index in [2.05, 4.69) is 22.2 Å². The molecule has 1 aromatic carbocycles. The van der Waals surface area contributed by atoms with Gasteiger partial charge in [0, 0.05) is 18.0 Å². The number of H-pyrrole nitrogens is 1. The molecule has 0 saturated carbocycles. The first-order valence-electron chi connectivity index (χ1n) is 8.60. The summed E-state index contributed by atoms with van der Waals surface area (Å²) in [5, 5.41) is 11.2. The number of aromatic nitrogens is 4. The van der Waals surface area contributed by atoms with Crippen LogP contribution in [0.4, 0.5) is 4.39 Å². The number of rotatable bonds is 7. The van der Waals surface area contributed by atoms with Crippen molar-refractivity contribution in [3.8, 4) is 5.69 Å². The van der Waals surface area contributed by atoms with Crippen molar-refractivity contribution in [2.75, 3.05) is 0 Å². The third kappa shape index (κ3) is 3.12. The molecule has 0 aliphatic heterocycles. The normalized spacial score (nSPS) is 13.5. The van der Waals surface area contributed by atoms with Crippen LogP contribution in [-0.2, 0) is 10.2 Å². The van der Waals surface area contributed by atoms with E-state index < -0.39 is 11.3 Å². The first-order chi connectivity index (χ1) is 12.5. The molecule has 0 aliphatic rings. The van der Waals surface area contributed by atoms with E-state index in [0.29, 0.717) is 23.4 Å². The highest BCUT2D eigenvalue weighted by molar-refractivity contribution is 5.90. The molecule has 3 rings (SSSR count). The number of hydrogen-bond donors (Lipinski definition) is 2. The van der Waals surface area contributed by atoms with Gasteiger partial charge < -0.3 is 5.73 Å². The molecule has 1 unspecified atom stereocenters. The van der Waals surface area contributed by atoms with E-state index in [0.717, 1.165) is 18.4 Å². The van der Waals surface area contributed by atoms with Gasteiger partial charge in [0.15, 0.2) is 0 Å². The Hall–Kier alpha value is -2.96. The minimum atomic E-state index is -1.05. The standard InChI is InChI=1S/C19H22FN5O/c1-3-4-6-19(18(21)26,17-5-7-22-24-17)14-11-23-25(12-14)16-9-13(2)8-15(20)10-16/h5,7-12H,3-4,6H2,1-2H3,(H2,21,26)(H,22,24). The molecular weight excluding hydrogens is 333 g/mol. The van der Waals surface area contributed by atoms with Crippen LogP contribution in [-0.4, -0.2) is 25.9 Å². The van der Waals surface area contributed by atoms with Gasteiger partial charge in [-0.3, -0.25) is 9.89 Å². The molecule has 0 fully saturated rings. The van der Waals surface area contributed by atoms with Gasteiger partial charge in [-0.2, -0.15) is 10.2 Å². The van der Waals surface area contributed by atoms with Crippen LogP contribution in [0.3, 0.4) is 0 Å². The molecule has 1 atom stereocenters. The lowest BCUT2D eigenvalue weighted by molar-refractivity contribution is -0.122. The number of halogens is 1. The molecule has 136 valence electrons. The molecule has 0 aliphatic carbocycles. The van der Waals surface area contributed by atoms with E-state index in [1.165, 1.54) is 12.1 Å². The molecular formula is C19H22FN5O. The number of benzene rings is 1. The molecule has 0 spiro atoms. The number of nitrogens with zero attached hydrogens (tertiary/aromatic N) is 3. The molecule has 3 aromatic rings. The second-order valence-electron chi connectivity index (χ2n) is 6.50. The van der Waals surface area contributed by atoms with Crippen molar-refractivity contribution in [3.63, 3.8) is 0 Å². The van der Waals surface area contributed by atoms with Gasteiger partial charge in [-0.25, -0.2) is 9.07 Å². The summed E-state index contributed by atoms with van der Waals surface area (Å²) in [6, 6.07) is 6.43. The van der Waals surface area contributed by atoms with Crippen molar-refractivity contribution in [3.05, 3.63) is 65.5 Å². The van der Waals surface area contributed by atoms with Gasteiger partial charge in [0.1, 0.15) is 11.2 Å². The number of hydrogen-bond acceptors (Lipinski definition) is 3. The maximum atomic E-state index is 13.7. The molecule has 1 amide bonds. The molecule has 0 saturated heterocycles. The van der Waals surface area contributed by atoms with Crippen LogP contribution in [0.25, 0.3) is 5.69 Å². The van der Waals surface area contributed by atoms with Crippen LogP contribution in [0.5, 0.6) is 0 Å². The SMILES string of the molecule is CCCCC(C(N)=O)(c1cnn(-c2cc(C)cc(F)c2)c1)c1ccn[nH]1. The van der Waals surface area contributed by atoms with Crippen LogP contribution in [0, 0.1) is 12.7 Å². The van der Waals surface area contributed by atoms with Gasteiger partial charge in [-0.05, 0) is 43.2 Å². The maximum Gasteiger partial charge on any atom is 0.234 e. The van der Waals surface area contributed by atoms with E-state index >= 15 is 0 Å². The Balaban J connectivity index is 2.11. The Kier molecular flexibility index (Phi) is 4.88. The largest absolute Gasteiger partial charge is 0.369 e. The second-order valence-corrected chi connectivity index (χ2v) is 6.50. The molecule has 2 heterocycles. The number of carbonyl (C=O) groups excluding carboxylic acids is 1. The average Bonchev–Trinajstić information content (AvgIpc) is 3.27. The van der Waals surface area contributed by atoms with Crippen molar-refractivity contribution >= 4 is 5.91 Å². The fourth-order valence-corrected chi connectivity index (χ4v) is 3.30. The van der Waals surface area contributed by atoms with E-state index in [1.54, 1.807) is 29.3 Å². The zero-order valence-electron chi connectivity index (χ0n) is 14.9. The molecule has 3 N–H and O–H groups in total. The van der Waals surface area contributed by atoms with E-state index in [9.17, 15) is 9.18 Å². The summed E-state index contributed by atoms with van der Waals surface area (Å²) >= 11 is 0. The number of amides is 1. The van der Waals surface area contributed by atoms with Crippen LogP contribution in [0.15, 0.2) is 42.9 Å². The lowest BCUT2D eigenvalue weighted by Crippen LogP contribution is -2.42. The van der Waals surface area contributed by atoms with E-state index in [4.69, 9.17) is 5.73 Å². The summed E-state index contributed by atoms with van der Waals surface area (Å²) < 4.78 is 15.3. The minimum Gasteiger partial charge on any atom is -0.369 e. The number of unbranched alkanes of at least 4 members (excludes halogenated alkanes) is 1. The second kappa shape index (κ2) is 7.11. The molecule has 2 aromatic heterocycles. The van der Waals surface area contributed by atoms with Gasteiger partial charge in [-0.15, -0.1) is 0 Å². The van der Waals surface area contributed by atoms with Crippen molar-refractivity contribution in [1.82, 2.24) is 20.0 Å². The Labute approximate surface area is 151 Å². The minimum absolute atomic E-state index is 0.335. The summed E-state index contributed by atoms with van der Waals surface area (Å²) in [5.74, 6) is -0.803. The lowest BCUT2D eigenvalue weighted by atomic mass is 9.74. The molecule has 0 radical (unpaired) electrons. The van der Waals surface area contributed by atoms with Crippen LogP contribution in [0.1, 0.15) is 43.0 Å². The van der Waals surface area contributed by atoms with Crippen molar-refractivity contribution in [1.29, 1.82) is 0 Å². The van der Waals surface area contributed by atoms with E-state index in [-0.39, 0.29) is 5.82 Å². The quantitative estimate of drug-likeness (QED) is 0.683. The summed E-state index contributed by atoms with van der Waals surface area (Å²) in [6.07, 6.45) is 7.21. The zero-order valence-corrected chi connectivity index (χ0v) is 14.9. The molecule has 6 nitrogen and oxygen atoms in total. The van der Waals surface area contributed by atoms with Crippen LogP contribution < -0.4 is 5.73 Å². The monoisotopic (exact) mass is 355 g/mol. The van der Waals surface area contributed by atoms with Crippen molar-refractivity contribution in [2.45, 2.75) is 38.5 Å². The fourth-order valence-electron chi connectivity index (χ4n) is 3.30. The maximum absolute atomic E-state index is 13.7. The Morgan fingerprint density at radius 2 is 2.19 bits per heavy atom. The van der Waals surface area contributed by atoms with Gasteiger partial charge >= 0.3 is 0 Å². The summed E-state index contributed by atoms with van der Waals surface area (Å²) in [4.78, 5) is 12.6. The lowest BCUT2D eigenvalue weighted by Gasteiger charge is -2.28. The fraction of sp³-hybridized carbons (Fsp3) is 0.316. The average molecular weight is 355 g/mol. The summed E-state index contributed by atoms with van der Waals surface area (Å²) in [7, 11) is 0. The first-order valence-corrected chi connectivity index (χ1v) is 8.60. The smallest absolute Gasteiger partial charge is 0.234 e. The van der Waals surface area contributed by atoms with Gasteiger partial charge in [0.2, 0.25) is 5.91 Å². The Morgan fingerprint density at radius 1 is 1.38 bits per heavy atom. The van der Waals surface area contributed by atoms with Crippen molar-refractivity contribution in [2.24, 2.45) is 5.73 Å². The topological polar surface area (TPSA) is 89.6 Å². The summed E-state index contributed by atoms with van der Waals surface area (Å²) in [5.41, 5.74) is 7.47. The van der Waals surface area contributed by atoms with Gasteiger partial charge in [0.05, 0.1) is 17.6 Å². The summed E-state index contributed by atoms with van der Waals surface area (Å²) in [6.45, 7) is 3.87. The highest BCUT2D eigenvalue weighted by Gasteiger charge is 2.42. The number of primary amides is 1. The zero-order chi connectivity index (χ0) is 18.7. The molecule has 26 heavy (non-hydrogen) atoms. The van der Waals surface area contributed by atoms with Gasteiger partial charge in [0.25, 0.3) is 0 Å². The third-order valence-corrected chi connectivity index (χ3v) is 4.65. The predicted octanol–water partition coefficient (Wildman–Crippen LogP) is 3.00. The van der Waals surface area contributed by atoms with Crippen LogP contribution in [0.2, 0.25) is 0 Å². The van der Waals surface area contributed by atoms with Crippen molar-refractivity contribution < 1.29 is 9.18 Å². The number of nitrogens with two attached hydrogens (primary N) is 1. The molecule has 0 bridgehead atoms. The third-order valence-electron chi connectivity index (χ3n) is 4.65. The van der Waals surface area contributed by atoms with Gasteiger partial charge in [-0.1, -0.05) is 19.8 Å². The first kappa shape index (κ1) is 17.8. The van der Waals surface area contributed by atoms with Crippen LogP contribution >= 0.6 is 0 Å². The number of carbonyl (C=O) groups is 1. The number of aromatic amines is 1. The number of aryl methyl sites for hydroxylation is 1. The number of nitrogens with one attached hydrogen (secondary N) is 1. The molecule has 7 heteroatoms. The Morgan fingerprint density at radius 3 is 2.81 bits per heavy atom. The Bertz CT molecular complexity index is 882. The predicted molar refractivity (Wildman–Crippen MR) is 96.3 cm³/mol. The highest BCUT2D eigenvalue weighted by atomic mass is 19.1. The highest BCUT2D eigenvalue weighted by Crippen LogP contribution is 2.36.